The van der Waals surface area contributed by atoms with E-state index in [0.29, 0.717) is 5.02 Å². The number of carbonyl (C=O) groups excluding carboxylic acids is 2. The summed E-state index contributed by atoms with van der Waals surface area (Å²) in [5.74, 6) is -0.798. The Morgan fingerprint density at radius 3 is 2.25 bits per heavy atom. The number of amides is 2. The lowest BCUT2D eigenvalue weighted by molar-refractivity contribution is -0.140. The van der Waals surface area contributed by atoms with Gasteiger partial charge in [0.05, 0.1) is 12.8 Å². The van der Waals surface area contributed by atoms with Crippen molar-refractivity contribution in [2.75, 3.05) is 26.9 Å². The maximum absolute atomic E-state index is 12.5. The highest BCUT2D eigenvalue weighted by molar-refractivity contribution is 7.88. The monoisotopic (exact) mass is 375 g/mol. The van der Waals surface area contributed by atoms with Crippen LogP contribution in [0.25, 0.3) is 0 Å². The van der Waals surface area contributed by atoms with Gasteiger partial charge in [0.25, 0.3) is 0 Å². The van der Waals surface area contributed by atoms with Gasteiger partial charge >= 0.3 is 0 Å². The number of hydrogen-bond donors (Lipinski definition) is 1. The molecule has 134 valence electrons. The molecule has 0 bridgehead atoms. The highest BCUT2D eigenvalue weighted by atomic mass is 35.5. The van der Waals surface area contributed by atoms with Gasteiger partial charge in [-0.3, -0.25) is 9.59 Å². The number of nitrogens with zero attached hydrogens (tertiary/aromatic N) is 2. The maximum Gasteiger partial charge on any atom is 0.242 e. The molecule has 7 nitrogen and oxygen atoms in total. The molecular formula is C15H22ClN3O4S. The third-order valence-electron chi connectivity index (χ3n) is 3.60. The fourth-order valence-corrected chi connectivity index (χ4v) is 2.45. The van der Waals surface area contributed by atoms with Gasteiger partial charge in [0.1, 0.15) is 6.04 Å². The third-order valence-corrected chi connectivity index (χ3v) is 5.12. The van der Waals surface area contributed by atoms with Gasteiger partial charge in [-0.2, -0.15) is 4.31 Å². The van der Waals surface area contributed by atoms with E-state index in [2.05, 4.69) is 5.32 Å². The first kappa shape index (κ1) is 20.4. The minimum absolute atomic E-state index is 0.169. The number of nitrogens with one attached hydrogen (secondary N) is 1. The van der Waals surface area contributed by atoms with Crippen molar-refractivity contribution in [2.24, 2.45) is 0 Å². The van der Waals surface area contributed by atoms with Gasteiger partial charge in [-0.1, -0.05) is 23.7 Å². The van der Waals surface area contributed by atoms with Crippen molar-refractivity contribution in [3.05, 3.63) is 34.9 Å². The van der Waals surface area contributed by atoms with Crippen molar-refractivity contribution in [1.29, 1.82) is 0 Å². The van der Waals surface area contributed by atoms with Gasteiger partial charge < -0.3 is 10.2 Å². The molecule has 1 atom stereocenters. The minimum atomic E-state index is -3.49. The van der Waals surface area contributed by atoms with Crippen molar-refractivity contribution in [3.8, 4) is 0 Å². The fraction of sp³-hybridized carbons (Fsp3) is 0.467. The van der Waals surface area contributed by atoms with Gasteiger partial charge in [0, 0.05) is 25.7 Å². The zero-order valence-electron chi connectivity index (χ0n) is 14.1. The molecule has 1 aromatic carbocycles. The predicted octanol–water partition coefficient (Wildman–Crippen LogP) is 0.694. The van der Waals surface area contributed by atoms with E-state index in [0.717, 1.165) is 16.1 Å². The van der Waals surface area contributed by atoms with E-state index >= 15 is 0 Å². The molecule has 1 unspecified atom stereocenters. The van der Waals surface area contributed by atoms with E-state index in [-0.39, 0.29) is 19.0 Å². The van der Waals surface area contributed by atoms with Crippen molar-refractivity contribution in [3.63, 3.8) is 0 Å². The number of likely N-dealkylation sites (N-methyl/N-ethyl adjacent to an activating group) is 2. The SMILES string of the molecule is CNC(=O)C(C)N(Cc1ccc(Cl)cc1)C(=O)CN(C)S(C)(=O)=O. The number of benzene rings is 1. The summed E-state index contributed by atoms with van der Waals surface area (Å²) < 4.78 is 24.0. The van der Waals surface area contributed by atoms with Crippen LogP contribution in [0.1, 0.15) is 12.5 Å². The van der Waals surface area contributed by atoms with E-state index in [1.54, 1.807) is 31.2 Å². The number of hydrogen-bond acceptors (Lipinski definition) is 4. The first-order valence-electron chi connectivity index (χ1n) is 7.23. The summed E-state index contributed by atoms with van der Waals surface area (Å²) in [6, 6.07) is 6.13. The molecule has 0 aliphatic heterocycles. The first-order chi connectivity index (χ1) is 11.1. The number of sulfonamides is 1. The summed E-state index contributed by atoms with van der Waals surface area (Å²) >= 11 is 5.85. The van der Waals surface area contributed by atoms with E-state index in [4.69, 9.17) is 11.6 Å². The Bertz CT molecular complexity index is 691. The molecule has 1 aromatic rings. The van der Waals surface area contributed by atoms with E-state index < -0.39 is 22.0 Å². The van der Waals surface area contributed by atoms with Crippen molar-refractivity contribution in [1.82, 2.24) is 14.5 Å². The Morgan fingerprint density at radius 1 is 1.25 bits per heavy atom. The van der Waals surface area contributed by atoms with Crippen LogP contribution in [-0.2, 0) is 26.2 Å². The zero-order chi connectivity index (χ0) is 18.5. The number of halogens is 1. The molecule has 0 aliphatic rings. The molecule has 0 aliphatic carbocycles. The maximum atomic E-state index is 12.5. The number of rotatable bonds is 7. The van der Waals surface area contributed by atoms with Crippen molar-refractivity contribution in [2.45, 2.75) is 19.5 Å². The summed E-state index contributed by atoms with van der Waals surface area (Å²) in [6.45, 7) is 1.42. The van der Waals surface area contributed by atoms with Crippen LogP contribution >= 0.6 is 11.6 Å². The van der Waals surface area contributed by atoms with Gasteiger partial charge in [0.2, 0.25) is 21.8 Å². The van der Waals surface area contributed by atoms with Gasteiger partial charge in [-0.05, 0) is 24.6 Å². The first-order valence-corrected chi connectivity index (χ1v) is 9.45. The van der Waals surface area contributed by atoms with E-state index in [9.17, 15) is 18.0 Å². The molecule has 0 heterocycles. The second kappa shape index (κ2) is 8.46. The summed E-state index contributed by atoms with van der Waals surface area (Å²) in [5, 5.41) is 3.06. The molecule has 0 radical (unpaired) electrons. The molecule has 2 amide bonds. The average molecular weight is 376 g/mol. The Kier molecular flexibility index (Phi) is 7.19. The molecule has 0 saturated heterocycles. The third kappa shape index (κ3) is 5.77. The zero-order valence-corrected chi connectivity index (χ0v) is 15.7. The Labute approximate surface area is 147 Å². The van der Waals surface area contributed by atoms with E-state index in [1.807, 2.05) is 0 Å². The molecule has 0 fully saturated rings. The van der Waals surface area contributed by atoms with E-state index in [1.165, 1.54) is 19.0 Å². The van der Waals surface area contributed by atoms with Crippen LogP contribution < -0.4 is 5.32 Å². The molecule has 1 rings (SSSR count). The molecule has 1 N–H and O–H groups in total. The highest BCUT2D eigenvalue weighted by Crippen LogP contribution is 2.14. The van der Waals surface area contributed by atoms with Gasteiger partial charge in [-0.15, -0.1) is 0 Å². The smallest absolute Gasteiger partial charge is 0.242 e. The quantitative estimate of drug-likeness (QED) is 0.759. The second-order valence-electron chi connectivity index (χ2n) is 5.46. The van der Waals surface area contributed by atoms with Gasteiger partial charge in [-0.25, -0.2) is 8.42 Å². The van der Waals surface area contributed by atoms with Crippen LogP contribution in [0.2, 0.25) is 5.02 Å². The van der Waals surface area contributed by atoms with Crippen molar-refractivity contribution >= 4 is 33.4 Å². The molecule has 0 spiro atoms. The summed E-state index contributed by atoms with van der Waals surface area (Å²) in [5.41, 5.74) is 0.783. The summed E-state index contributed by atoms with van der Waals surface area (Å²) in [4.78, 5) is 25.8. The molecule has 0 saturated carbocycles. The summed E-state index contributed by atoms with van der Waals surface area (Å²) in [6.07, 6.45) is 1.02. The second-order valence-corrected chi connectivity index (χ2v) is 7.98. The van der Waals surface area contributed by atoms with Crippen LogP contribution in [0.5, 0.6) is 0 Å². The normalized spacial score (nSPS) is 12.8. The van der Waals surface area contributed by atoms with Crippen LogP contribution in [-0.4, -0.2) is 62.4 Å². The Balaban J connectivity index is 3.02. The van der Waals surface area contributed by atoms with Crippen LogP contribution in [0.4, 0.5) is 0 Å². The lowest BCUT2D eigenvalue weighted by Crippen LogP contribution is -2.50. The standard InChI is InChI=1S/C15H22ClN3O4S/c1-11(15(21)17-2)19(9-12-5-7-13(16)8-6-12)14(20)10-18(3)24(4,22)23/h5-8,11H,9-10H2,1-4H3,(H,17,21). The van der Waals surface area contributed by atoms with Crippen LogP contribution in [0, 0.1) is 0 Å². The molecule has 0 aromatic heterocycles. The Morgan fingerprint density at radius 2 is 1.79 bits per heavy atom. The lowest BCUT2D eigenvalue weighted by atomic mass is 10.1. The highest BCUT2D eigenvalue weighted by Gasteiger charge is 2.27. The van der Waals surface area contributed by atoms with Crippen LogP contribution in [0.15, 0.2) is 24.3 Å². The molecule has 24 heavy (non-hydrogen) atoms. The van der Waals surface area contributed by atoms with Gasteiger partial charge in [0.15, 0.2) is 0 Å². The largest absolute Gasteiger partial charge is 0.357 e. The minimum Gasteiger partial charge on any atom is -0.357 e. The average Bonchev–Trinajstić information content (AvgIpc) is 2.51. The lowest BCUT2D eigenvalue weighted by Gasteiger charge is -2.29. The van der Waals surface area contributed by atoms with Crippen LogP contribution in [0.3, 0.4) is 0 Å². The molecule has 9 heteroatoms. The topological polar surface area (TPSA) is 86.8 Å². The summed E-state index contributed by atoms with van der Waals surface area (Å²) in [7, 11) is -0.697. The fourth-order valence-electron chi connectivity index (χ4n) is 1.98. The predicted molar refractivity (Wildman–Crippen MR) is 93.0 cm³/mol. The molecular weight excluding hydrogens is 354 g/mol. The number of carbonyl (C=O) groups is 2. The van der Waals surface area contributed by atoms with Crippen molar-refractivity contribution < 1.29 is 18.0 Å². The Hall–Kier alpha value is -1.64.